The van der Waals surface area contributed by atoms with Gasteiger partial charge in [-0.3, -0.25) is 11.3 Å². The molecule has 19 heavy (non-hydrogen) atoms. The summed E-state index contributed by atoms with van der Waals surface area (Å²) in [7, 11) is 1.68. The molecule has 3 nitrogen and oxygen atoms in total. The first-order chi connectivity index (χ1) is 9.09. The predicted octanol–water partition coefficient (Wildman–Crippen LogP) is 3.01. The van der Waals surface area contributed by atoms with Crippen LogP contribution in [0.2, 0.25) is 5.02 Å². The van der Waals surface area contributed by atoms with E-state index in [9.17, 15) is 0 Å². The Balaban J connectivity index is 2.20. The number of halogens is 1. The van der Waals surface area contributed by atoms with Crippen molar-refractivity contribution in [2.45, 2.75) is 37.0 Å². The van der Waals surface area contributed by atoms with Crippen LogP contribution in [-0.2, 0) is 6.42 Å². The van der Waals surface area contributed by atoms with Crippen LogP contribution in [0, 0.1) is 0 Å². The van der Waals surface area contributed by atoms with Crippen molar-refractivity contribution in [1.82, 2.24) is 5.43 Å². The predicted molar refractivity (Wildman–Crippen MR) is 82.9 cm³/mol. The van der Waals surface area contributed by atoms with Crippen molar-refractivity contribution < 1.29 is 4.74 Å². The third-order valence-corrected chi connectivity index (χ3v) is 5.73. The number of ether oxygens (including phenoxy) is 1. The molecule has 0 saturated carbocycles. The largest absolute Gasteiger partial charge is 0.496 e. The van der Waals surface area contributed by atoms with Gasteiger partial charge >= 0.3 is 0 Å². The van der Waals surface area contributed by atoms with Crippen molar-refractivity contribution in [2.75, 3.05) is 12.9 Å². The molecule has 1 heterocycles. The average Bonchev–Trinajstić information content (AvgIpc) is 2.84. The topological polar surface area (TPSA) is 47.3 Å². The van der Waals surface area contributed by atoms with Crippen LogP contribution in [0.15, 0.2) is 18.2 Å². The molecule has 106 valence electrons. The highest BCUT2D eigenvalue weighted by Crippen LogP contribution is 2.41. The molecule has 1 aromatic carbocycles. The molecule has 0 aromatic heterocycles. The van der Waals surface area contributed by atoms with Crippen LogP contribution in [0.25, 0.3) is 0 Å². The molecule has 0 spiro atoms. The Morgan fingerprint density at radius 2 is 2.37 bits per heavy atom. The number of hydrogen-bond donors (Lipinski definition) is 2. The van der Waals surface area contributed by atoms with Gasteiger partial charge in [0, 0.05) is 15.8 Å². The second-order valence-electron chi connectivity index (χ2n) is 5.14. The van der Waals surface area contributed by atoms with E-state index in [1.807, 2.05) is 30.0 Å². The molecule has 1 aliphatic rings. The number of nitrogens with two attached hydrogens (primary N) is 1. The maximum atomic E-state index is 6.08. The summed E-state index contributed by atoms with van der Waals surface area (Å²) in [4.78, 5) is 0. The summed E-state index contributed by atoms with van der Waals surface area (Å²) in [6.07, 6.45) is 3.27. The minimum Gasteiger partial charge on any atom is -0.496 e. The van der Waals surface area contributed by atoms with E-state index in [4.69, 9.17) is 22.2 Å². The van der Waals surface area contributed by atoms with Crippen LogP contribution in [0.1, 0.15) is 25.3 Å². The zero-order valence-electron chi connectivity index (χ0n) is 11.4. The van der Waals surface area contributed by atoms with Gasteiger partial charge in [-0.25, -0.2) is 0 Å². The molecule has 0 amide bonds. The molecule has 5 heteroatoms. The Bertz CT molecular complexity index is 435. The van der Waals surface area contributed by atoms with Crippen LogP contribution >= 0.6 is 23.4 Å². The normalized spacial score (nSPS) is 24.4. The van der Waals surface area contributed by atoms with Gasteiger partial charge in [-0.2, -0.15) is 11.8 Å². The van der Waals surface area contributed by atoms with Crippen LogP contribution in [0.4, 0.5) is 0 Å². The van der Waals surface area contributed by atoms with Gasteiger partial charge in [0.25, 0.3) is 0 Å². The summed E-state index contributed by atoms with van der Waals surface area (Å²) < 4.78 is 5.59. The van der Waals surface area contributed by atoms with Crippen molar-refractivity contribution in [3.05, 3.63) is 28.8 Å². The van der Waals surface area contributed by atoms with Crippen LogP contribution in [0.3, 0.4) is 0 Å². The van der Waals surface area contributed by atoms with E-state index in [2.05, 4.69) is 12.3 Å². The molecule has 0 bridgehead atoms. The Labute approximate surface area is 124 Å². The number of rotatable bonds is 5. The first-order valence-corrected chi connectivity index (χ1v) is 7.88. The van der Waals surface area contributed by atoms with Gasteiger partial charge in [0.1, 0.15) is 5.75 Å². The van der Waals surface area contributed by atoms with Gasteiger partial charge in [0.15, 0.2) is 0 Å². The van der Waals surface area contributed by atoms with Crippen LogP contribution < -0.4 is 16.0 Å². The van der Waals surface area contributed by atoms with E-state index in [0.717, 1.165) is 22.8 Å². The zero-order chi connectivity index (χ0) is 13.9. The molecule has 0 aliphatic carbocycles. The minimum atomic E-state index is 0.183. The Kier molecular flexibility index (Phi) is 5.01. The SMILES string of the molecule is COc1ccc(Cl)cc1CC(NN)C1(C)CCCS1. The van der Waals surface area contributed by atoms with Gasteiger partial charge in [-0.1, -0.05) is 11.6 Å². The maximum Gasteiger partial charge on any atom is 0.122 e. The van der Waals surface area contributed by atoms with Crippen molar-refractivity contribution in [3.63, 3.8) is 0 Å². The van der Waals surface area contributed by atoms with Crippen molar-refractivity contribution in [3.8, 4) is 5.75 Å². The van der Waals surface area contributed by atoms with Gasteiger partial charge in [0.05, 0.1) is 7.11 Å². The number of nitrogens with one attached hydrogen (secondary N) is 1. The fraction of sp³-hybridized carbons (Fsp3) is 0.571. The minimum absolute atomic E-state index is 0.183. The second kappa shape index (κ2) is 6.35. The molecule has 2 atom stereocenters. The standard InChI is InChI=1S/C14H21ClN2OS/c1-14(6-3-7-19-14)13(17-16)9-10-8-11(15)4-5-12(10)18-2/h4-5,8,13,17H,3,6-7,9,16H2,1-2H3. The van der Waals surface area contributed by atoms with E-state index in [1.165, 1.54) is 18.6 Å². The number of hydrogen-bond acceptors (Lipinski definition) is 4. The van der Waals surface area contributed by atoms with Crippen molar-refractivity contribution in [2.24, 2.45) is 5.84 Å². The Hall–Kier alpha value is -0.420. The zero-order valence-corrected chi connectivity index (χ0v) is 13.0. The van der Waals surface area contributed by atoms with E-state index >= 15 is 0 Å². The van der Waals surface area contributed by atoms with E-state index in [0.29, 0.717) is 0 Å². The highest BCUT2D eigenvalue weighted by molar-refractivity contribution is 8.00. The highest BCUT2D eigenvalue weighted by Gasteiger charge is 2.37. The number of hydrazine groups is 1. The lowest BCUT2D eigenvalue weighted by Crippen LogP contribution is -2.50. The van der Waals surface area contributed by atoms with Crippen molar-refractivity contribution >= 4 is 23.4 Å². The summed E-state index contributed by atoms with van der Waals surface area (Å²) in [6.45, 7) is 2.28. The van der Waals surface area contributed by atoms with E-state index in [-0.39, 0.29) is 10.8 Å². The number of benzene rings is 1. The van der Waals surface area contributed by atoms with E-state index < -0.39 is 0 Å². The molecule has 2 unspecified atom stereocenters. The third-order valence-electron chi connectivity index (χ3n) is 3.85. The van der Waals surface area contributed by atoms with Crippen molar-refractivity contribution in [1.29, 1.82) is 0 Å². The van der Waals surface area contributed by atoms with Crippen LogP contribution in [0.5, 0.6) is 5.75 Å². The molecular formula is C14H21ClN2OS. The molecule has 3 N–H and O–H groups in total. The lowest BCUT2D eigenvalue weighted by Gasteiger charge is -2.33. The maximum absolute atomic E-state index is 6.08. The van der Waals surface area contributed by atoms with Gasteiger partial charge in [-0.05, 0) is 55.7 Å². The summed E-state index contributed by atoms with van der Waals surface area (Å²) >= 11 is 8.08. The number of methoxy groups -OCH3 is 1. The van der Waals surface area contributed by atoms with E-state index in [1.54, 1.807) is 7.11 Å². The Morgan fingerprint density at radius 1 is 1.58 bits per heavy atom. The monoisotopic (exact) mass is 300 g/mol. The molecule has 1 aromatic rings. The average molecular weight is 301 g/mol. The fourth-order valence-corrected chi connectivity index (χ4v) is 4.24. The summed E-state index contributed by atoms with van der Waals surface area (Å²) in [5, 5.41) is 0.732. The quantitative estimate of drug-likeness (QED) is 0.648. The molecule has 1 saturated heterocycles. The molecule has 1 aliphatic heterocycles. The van der Waals surface area contributed by atoms with Crippen LogP contribution in [-0.4, -0.2) is 23.7 Å². The Morgan fingerprint density at radius 3 is 2.95 bits per heavy atom. The third kappa shape index (κ3) is 3.37. The summed E-state index contributed by atoms with van der Waals surface area (Å²) in [5.41, 5.74) is 4.09. The van der Waals surface area contributed by atoms with Gasteiger partial charge in [-0.15, -0.1) is 0 Å². The first-order valence-electron chi connectivity index (χ1n) is 6.51. The lowest BCUT2D eigenvalue weighted by molar-refractivity contribution is 0.384. The smallest absolute Gasteiger partial charge is 0.122 e. The molecule has 1 fully saturated rings. The van der Waals surface area contributed by atoms with Gasteiger partial charge in [0.2, 0.25) is 0 Å². The molecule has 0 radical (unpaired) electrons. The fourth-order valence-electron chi connectivity index (χ4n) is 2.65. The number of thioether (sulfide) groups is 1. The highest BCUT2D eigenvalue weighted by atomic mass is 35.5. The lowest BCUT2D eigenvalue weighted by atomic mass is 9.91. The summed E-state index contributed by atoms with van der Waals surface area (Å²) in [6, 6.07) is 5.94. The van der Waals surface area contributed by atoms with Gasteiger partial charge < -0.3 is 4.74 Å². The first kappa shape index (κ1) is 15.0. The molecular weight excluding hydrogens is 280 g/mol. The second-order valence-corrected chi connectivity index (χ2v) is 7.21. The summed E-state index contributed by atoms with van der Waals surface area (Å²) in [5.74, 6) is 7.86. The molecule has 2 rings (SSSR count).